The number of thioether (sulfide) groups is 1. The average molecular weight is 307 g/mol. The lowest BCUT2D eigenvalue weighted by atomic mass is 9.91. The zero-order chi connectivity index (χ0) is 14.9. The molecule has 0 bridgehead atoms. The third-order valence-electron chi connectivity index (χ3n) is 4.46. The van der Waals surface area contributed by atoms with Gasteiger partial charge in [-0.25, -0.2) is 0 Å². The summed E-state index contributed by atoms with van der Waals surface area (Å²) in [7, 11) is 0. The molecular formula is C17H25NO2S. The van der Waals surface area contributed by atoms with E-state index >= 15 is 0 Å². The lowest BCUT2D eigenvalue weighted by molar-refractivity contribution is -0.0960. The van der Waals surface area contributed by atoms with Gasteiger partial charge >= 0.3 is 0 Å². The van der Waals surface area contributed by atoms with Gasteiger partial charge in [0.15, 0.2) is 0 Å². The Balaban J connectivity index is 1.74. The first-order chi connectivity index (χ1) is 10.1. The van der Waals surface area contributed by atoms with Gasteiger partial charge in [0.05, 0.1) is 12.2 Å². The van der Waals surface area contributed by atoms with Crippen LogP contribution in [0.2, 0.25) is 0 Å². The number of hydrogen-bond acceptors (Lipinski definition) is 4. The van der Waals surface area contributed by atoms with Gasteiger partial charge < -0.3 is 15.2 Å². The summed E-state index contributed by atoms with van der Waals surface area (Å²) >= 11 is 2.00. The maximum absolute atomic E-state index is 6.32. The first-order valence-electron chi connectivity index (χ1n) is 7.82. The van der Waals surface area contributed by atoms with E-state index in [1.807, 2.05) is 18.7 Å². The Morgan fingerprint density at radius 1 is 1.48 bits per heavy atom. The van der Waals surface area contributed by atoms with Crippen LogP contribution < -0.4 is 10.5 Å². The molecule has 0 aliphatic carbocycles. The highest BCUT2D eigenvalue weighted by molar-refractivity contribution is 7.99. The van der Waals surface area contributed by atoms with Crippen molar-refractivity contribution in [2.75, 3.05) is 18.1 Å². The number of hydrogen-bond donors (Lipinski definition) is 1. The highest BCUT2D eigenvalue weighted by Gasteiger charge is 2.41. The second-order valence-electron chi connectivity index (χ2n) is 6.40. The first-order valence-corrected chi connectivity index (χ1v) is 8.98. The Hall–Kier alpha value is -0.710. The second-order valence-corrected chi connectivity index (χ2v) is 7.50. The molecule has 2 heterocycles. The highest BCUT2D eigenvalue weighted by atomic mass is 32.2. The molecule has 4 heteroatoms. The van der Waals surface area contributed by atoms with Crippen LogP contribution in [0.15, 0.2) is 18.2 Å². The van der Waals surface area contributed by atoms with Gasteiger partial charge in [-0.05, 0) is 32.1 Å². The quantitative estimate of drug-likeness (QED) is 0.929. The molecule has 2 aliphatic rings. The third-order valence-corrected chi connectivity index (χ3v) is 5.69. The Morgan fingerprint density at radius 3 is 3.05 bits per heavy atom. The van der Waals surface area contributed by atoms with Gasteiger partial charge in [0.25, 0.3) is 0 Å². The van der Waals surface area contributed by atoms with Crippen LogP contribution in [0.1, 0.15) is 43.4 Å². The molecule has 0 radical (unpaired) electrons. The van der Waals surface area contributed by atoms with Gasteiger partial charge in [0, 0.05) is 30.2 Å². The summed E-state index contributed by atoms with van der Waals surface area (Å²) in [5, 5.41) is 0. The molecule has 0 amide bonds. The van der Waals surface area contributed by atoms with E-state index in [1.54, 1.807) is 0 Å². The Bertz CT molecular complexity index is 498. The normalized spacial score (nSPS) is 30.5. The molecule has 1 aromatic rings. The lowest BCUT2D eigenvalue weighted by Gasteiger charge is -2.38. The summed E-state index contributed by atoms with van der Waals surface area (Å²) in [6, 6.07) is 6.30. The van der Waals surface area contributed by atoms with E-state index in [1.165, 1.54) is 11.3 Å². The highest BCUT2D eigenvalue weighted by Crippen LogP contribution is 2.39. The number of ether oxygens (including phenoxy) is 2. The molecule has 2 fully saturated rings. The monoisotopic (exact) mass is 307 g/mol. The van der Waals surface area contributed by atoms with Gasteiger partial charge in [0.2, 0.25) is 0 Å². The van der Waals surface area contributed by atoms with E-state index in [-0.39, 0.29) is 17.7 Å². The topological polar surface area (TPSA) is 44.5 Å². The van der Waals surface area contributed by atoms with Gasteiger partial charge in [-0.3, -0.25) is 0 Å². The number of rotatable bonds is 3. The van der Waals surface area contributed by atoms with Crippen molar-refractivity contribution in [3.05, 3.63) is 29.3 Å². The molecule has 3 atom stereocenters. The number of aryl methyl sites for hydroxylation is 1. The van der Waals surface area contributed by atoms with Crippen molar-refractivity contribution in [2.24, 2.45) is 5.73 Å². The van der Waals surface area contributed by atoms with Crippen LogP contribution in [-0.4, -0.2) is 29.8 Å². The van der Waals surface area contributed by atoms with Gasteiger partial charge in [-0.1, -0.05) is 17.7 Å². The van der Waals surface area contributed by atoms with Crippen molar-refractivity contribution in [1.29, 1.82) is 0 Å². The maximum atomic E-state index is 6.32. The summed E-state index contributed by atoms with van der Waals surface area (Å²) in [6.07, 6.45) is 3.38. The summed E-state index contributed by atoms with van der Waals surface area (Å²) in [6.45, 7) is 4.92. The zero-order valence-electron chi connectivity index (χ0n) is 12.9. The Morgan fingerprint density at radius 2 is 2.33 bits per heavy atom. The van der Waals surface area contributed by atoms with Crippen molar-refractivity contribution >= 4 is 11.8 Å². The average Bonchev–Trinajstić information content (AvgIpc) is 2.88. The summed E-state index contributed by atoms with van der Waals surface area (Å²) in [5.41, 5.74) is 8.49. The minimum absolute atomic E-state index is 0.00395. The van der Waals surface area contributed by atoms with Crippen LogP contribution in [-0.2, 0) is 4.74 Å². The van der Waals surface area contributed by atoms with Crippen LogP contribution in [0.3, 0.4) is 0 Å². The van der Waals surface area contributed by atoms with E-state index in [4.69, 9.17) is 15.2 Å². The molecule has 116 valence electrons. The van der Waals surface area contributed by atoms with Crippen LogP contribution in [0.5, 0.6) is 5.75 Å². The molecule has 1 aromatic carbocycles. The molecule has 0 saturated carbocycles. The van der Waals surface area contributed by atoms with Crippen LogP contribution in [0.25, 0.3) is 0 Å². The SMILES string of the molecule is Cc1ccc(OC2CCOC3(CCSC3)C2)c(C(C)N)c1. The molecular weight excluding hydrogens is 282 g/mol. The summed E-state index contributed by atoms with van der Waals surface area (Å²) in [5.74, 6) is 3.27. The van der Waals surface area contributed by atoms with Gasteiger partial charge in [-0.2, -0.15) is 11.8 Å². The number of nitrogens with two attached hydrogens (primary N) is 1. The molecule has 2 N–H and O–H groups in total. The van der Waals surface area contributed by atoms with Crippen molar-refractivity contribution in [2.45, 2.75) is 50.9 Å². The Kier molecular flexibility index (Phi) is 4.48. The summed E-state index contributed by atoms with van der Waals surface area (Å²) < 4.78 is 12.4. The molecule has 0 aromatic heterocycles. The van der Waals surface area contributed by atoms with Crippen LogP contribution >= 0.6 is 11.8 Å². The van der Waals surface area contributed by atoms with E-state index in [0.29, 0.717) is 0 Å². The maximum Gasteiger partial charge on any atom is 0.124 e. The van der Waals surface area contributed by atoms with Crippen molar-refractivity contribution < 1.29 is 9.47 Å². The molecule has 3 nitrogen and oxygen atoms in total. The van der Waals surface area contributed by atoms with Crippen molar-refractivity contribution in [1.82, 2.24) is 0 Å². The lowest BCUT2D eigenvalue weighted by Crippen LogP contribution is -2.44. The largest absolute Gasteiger partial charge is 0.490 e. The molecule has 1 spiro atoms. The minimum atomic E-state index is -0.00395. The van der Waals surface area contributed by atoms with E-state index in [2.05, 4.69) is 25.1 Å². The van der Waals surface area contributed by atoms with E-state index in [9.17, 15) is 0 Å². The van der Waals surface area contributed by atoms with Gasteiger partial charge in [-0.15, -0.1) is 0 Å². The molecule has 21 heavy (non-hydrogen) atoms. The van der Waals surface area contributed by atoms with Crippen LogP contribution in [0.4, 0.5) is 0 Å². The molecule has 2 saturated heterocycles. The minimum Gasteiger partial charge on any atom is -0.490 e. The molecule has 3 rings (SSSR count). The predicted octanol–water partition coefficient (Wildman–Crippen LogP) is 3.45. The third kappa shape index (κ3) is 3.38. The fourth-order valence-corrected chi connectivity index (χ4v) is 4.64. The Labute approximate surface area is 131 Å². The fourth-order valence-electron chi connectivity index (χ4n) is 3.26. The molecule has 2 aliphatic heterocycles. The first kappa shape index (κ1) is 15.2. The van der Waals surface area contributed by atoms with Crippen molar-refractivity contribution in [3.8, 4) is 5.75 Å². The van der Waals surface area contributed by atoms with Gasteiger partial charge in [0.1, 0.15) is 11.9 Å². The fraction of sp³-hybridized carbons (Fsp3) is 0.647. The van der Waals surface area contributed by atoms with E-state index < -0.39 is 0 Å². The standard InChI is InChI=1S/C17H25NO2S/c1-12-3-4-16(15(9-12)13(2)18)20-14-5-7-19-17(10-14)6-8-21-11-17/h3-4,9,13-14H,5-8,10-11,18H2,1-2H3. The summed E-state index contributed by atoms with van der Waals surface area (Å²) in [4.78, 5) is 0. The molecule has 3 unspecified atom stereocenters. The second kappa shape index (κ2) is 6.19. The van der Waals surface area contributed by atoms with Crippen LogP contribution in [0, 0.1) is 6.92 Å². The smallest absolute Gasteiger partial charge is 0.124 e. The van der Waals surface area contributed by atoms with Crippen molar-refractivity contribution in [3.63, 3.8) is 0 Å². The predicted molar refractivity (Wildman–Crippen MR) is 88.1 cm³/mol. The van der Waals surface area contributed by atoms with E-state index in [0.717, 1.165) is 42.9 Å². The zero-order valence-corrected chi connectivity index (χ0v) is 13.7. The number of benzene rings is 1.